The molecule has 0 aromatic carbocycles. The zero-order valence-corrected chi connectivity index (χ0v) is 14.2. The number of likely N-dealkylation sites (N-methyl/N-ethyl adjacent to an activating group) is 1. The van der Waals surface area contributed by atoms with E-state index in [1.54, 1.807) is 16.2 Å². The zero-order valence-electron chi connectivity index (χ0n) is 13.3. The van der Waals surface area contributed by atoms with Crippen LogP contribution in [0.1, 0.15) is 29.8 Å². The van der Waals surface area contributed by atoms with Gasteiger partial charge in [-0.2, -0.15) is 5.26 Å². The summed E-state index contributed by atoms with van der Waals surface area (Å²) in [5, 5.41) is 13.1. The predicted molar refractivity (Wildman–Crippen MR) is 89.9 cm³/mol. The van der Waals surface area contributed by atoms with Crippen LogP contribution in [0.2, 0.25) is 0 Å². The monoisotopic (exact) mass is 331 g/mol. The first kappa shape index (κ1) is 16.0. The van der Waals surface area contributed by atoms with Gasteiger partial charge in [0.05, 0.1) is 5.69 Å². The molecule has 3 heterocycles. The molecule has 0 spiro atoms. The number of nitrogens with one attached hydrogen (secondary N) is 1. The van der Waals surface area contributed by atoms with Crippen LogP contribution in [-0.4, -0.2) is 47.4 Å². The highest BCUT2D eigenvalue weighted by molar-refractivity contribution is 7.15. The number of rotatable bonds is 3. The third-order valence-corrected chi connectivity index (χ3v) is 5.27. The first-order valence-corrected chi connectivity index (χ1v) is 8.82. The Labute approximate surface area is 140 Å². The lowest BCUT2D eigenvalue weighted by Crippen LogP contribution is -2.36. The molecule has 2 aliphatic rings. The molecule has 0 bridgehead atoms. The molecule has 1 N–H and O–H groups in total. The minimum absolute atomic E-state index is 0.150. The van der Waals surface area contributed by atoms with Gasteiger partial charge in [-0.3, -0.25) is 4.79 Å². The van der Waals surface area contributed by atoms with Gasteiger partial charge in [-0.05, 0) is 26.3 Å². The molecule has 1 amide bonds. The fraction of sp³-hybridized carbons (Fsp3) is 0.562. The number of carbonyl (C=O) groups is 1. The Hall–Kier alpha value is -1.91. The van der Waals surface area contributed by atoms with Crippen LogP contribution in [0.25, 0.3) is 0 Å². The molecule has 0 unspecified atom stereocenters. The first-order chi connectivity index (χ1) is 11.2. The van der Waals surface area contributed by atoms with E-state index in [0.717, 1.165) is 62.7 Å². The Kier molecular flexibility index (Phi) is 4.94. The van der Waals surface area contributed by atoms with Crippen LogP contribution < -0.4 is 5.32 Å². The van der Waals surface area contributed by atoms with E-state index >= 15 is 0 Å². The van der Waals surface area contributed by atoms with Crippen molar-refractivity contribution in [3.8, 4) is 6.07 Å². The normalized spacial score (nSPS) is 19.1. The molecular weight excluding hydrogens is 310 g/mol. The number of aromatic nitrogens is 1. The smallest absolute Gasteiger partial charge is 0.266 e. The van der Waals surface area contributed by atoms with Crippen LogP contribution in [0, 0.1) is 11.3 Å². The van der Waals surface area contributed by atoms with Crippen LogP contribution in [-0.2, 0) is 17.8 Å². The van der Waals surface area contributed by atoms with Gasteiger partial charge in [0.2, 0.25) is 0 Å². The molecule has 2 aliphatic heterocycles. The van der Waals surface area contributed by atoms with Crippen molar-refractivity contribution in [3.63, 3.8) is 0 Å². The number of carbonyl (C=O) groups excluding carboxylic acids is 1. The molecule has 0 radical (unpaired) electrons. The number of thiazole rings is 1. The van der Waals surface area contributed by atoms with Crippen LogP contribution in [0.4, 0.5) is 5.13 Å². The van der Waals surface area contributed by atoms with Crippen molar-refractivity contribution in [2.24, 2.45) is 0 Å². The van der Waals surface area contributed by atoms with Crippen molar-refractivity contribution >= 4 is 22.4 Å². The molecule has 23 heavy (non-hydrogen) atoms. The predicted octanol–water partition coefficient (Wildman–Crippen LogP) is 1.96. The Bertz CT molecular complexity index is 654. The Morgan fingerprint density at radius 2 is 2.13 bits per heavy atom. The van der Waals surface area contributed by atoms with E-state index in [1.165, 1.54) is 11.1 Å². The van der Waals surface area contributed by atoms with Crippen molar-refractivity contribution in [3.05, 3.63) is 22.3 Å². The highest BCUT2D eigenvalue weighted by atomic mass is 32.1. The maximum Gasteiger partial charge on any atom is 0.266 e. The SMILES string of the molecule is CN1CCc2nc(N/C=C(/C#N)C(=O)N3CCCCC3)sc2C1. The Morgan fingerprint density at radius 1 is 1.35 bits per heavy atom. The average molecular weight is 331 g/mol. The topological polar surface area (TPSA) is 72.3 Å². The highest BCUT2D eigenvalue weighted by Crippen LogP contribution is 2.27. The van der Waals surface area contributed by atoms with Crippen molar-refractivity contribution < 1.29 is 4.79 Å². The molecule has 0 saturated carbocycles. The van der Waals surface area contributed by atoms with E-state index in [0.29, 0.717) is 0 Å². The van der Waals surface area contributed by atoms with E-state index in [-0.39, 0.29) is 11.5 Å². The van der Waals surface area contributed by atoms with Crippen LogP contribution in [0.15, 0.2) is 11.8 Å². The fourth-order valence-corrected chi connectivity index (χ4v) is 3.99. The van der Waals surface area contributed by atoms with E-state index in [1.807, 2.05) is 6.07 Å². The number of nitriles is 1. The van der Waals surface area contributed by atoms with E-state index in [4.69, 9.17) is 0 Å². The first-order valence-electron chi connectivity index (χ1n) is 8.00. The molecule has 1 aromatic heterocycles. The second-order valence-electron chi connectivity index (χ2n) is 6.04. The third-order valence-electron chi connectivity index (χ3n) is 4.26. The summed E-state index contributed by atoms with van der Waals surface area (Å²) in [6.07, 6.45) is 5.65. The third kappa shape index (κ3) is 3.71. The van der Waals surface area contributed by atoms with Gasteiger partial charge in [-0.1, -0.05) is 0 Å². The Balaban J connectivity index is 1.68. The summed E-state index contributed by atoms with van der Waals surface area (Å²) in [4.78, 5) is 22.2. The molecule has 0 atom stereocenters. The zero-order chi connectivity index (χ0) is 16.2. The average Bonchev–Trinajstić information content (AvgIpc) is 2.98. The summed E-state index contributed by atoms with van der Waals surface area (Å²) in [5.74, 6) is -0.180. The lowest BCUT2D eigenvalue weighted by Gasteiger charge is -2.26. The largest absolute Gasteiger partial charge is 0.338 e. The van der Waals surface area contributed by atoms with Crippen LogP contribution in [0.3, 0.4) is 0 Å². The summed E-state index contributed by atoms with van der Waals surface area (Å²) in [6.45, 7) is 3.42. The number of amides is 1. The van der Waals surface area contributed by atoms with Gasteiger partial charge in [-0.25, -0.2) is 4.98 Å². The summed E-state index contributed by atoms with van der Waals surface area (Å²) in [6, 6.07) is 2.01. The number of likely N-dealkylation sites (tertiary alicyclic amines) is 1. The summed E-state index contributed by atoms with van der Waals surface area (Å²) in [7, 11) is 2.10. The quantitative estimate of drug-likeness (QED) is 0.677. The number of fused-ring (bicyclic) bond motifs is 1. The van der Waals surface area contributed by atoms with Crippen molar-refractivity contribution in [2.75, 3.05) is 32.0 Å². The minimum atomic E-state index is -0.180. The molecule has 1 saturated heterocycles. The van der Waals surface area contributed by atoms with Crippen molar-refractivity contribution in [2.45, 2.75) is 32.2 Å². The van der Waals surface area contributed by atoms with Crippen LogP contribution >= 0.6 is 11.3 Å². The molecule has 7 heteroatoms. The number of anilines is 1. The van der Waals surface area contributed by atoms with Gasteiger partial charge in [0.15, 0.2) is 5.13 Å². The molecule has 0 aliphatic carbocycles. The fourth-order valence-electron chi connectivity index (χ4n) is 2.93. The standard InChI is InChI=1S/C16H21N5OS/c1-20-8-5-13-14(11-20)23-16(19-13)18-10-12(9-17)15(22)21-6-3-2-4-7-21/h10H,2-8,11H2,1H3,(H,18,19)/b12-10-. The molecule has 6 nitrogen and oxygen atoms in total. The van der Waals surface area contributed by atoms with Gasteiger partial charge < -0.3 is 15.1 Å². The summed E-state index contributed by atoms with van der Waals surface area (Å²) in [5.41, 5.74) is 1.28. The summed E-state index contributed by atoms with van der Waals surface area (Å²) < 4.78 is 0. The number of hydrogen-bond donors (Lipinski definition) is 1. The van der Waals surface area contributed by atoms with Crippen molar-refractivity contribution in [1.82, 2.24) is 14.8 Å². The molecular formula is C16H21N5OS. The lowest BCUT2D eigenvalue weighted by atomic mass is 10.1. The highest BCUT2D eigenvalue weighted by Gasteiger charge is 2.21. The van der Waals surface area contributed by atoms with Gasteiger partial charge in [0, 0.05) is 43.7 Å². The van der Waals surface area contributed by atoms with E-state index in [2.05, 4.69) is 22.2 Å². The van der Waals surface area contributed by atoms with Crippen LogP contribution in [0.5, 0.6) is 0 Å². The second-order valence-corrected chi connectivity index (χ2v) is 7.13. The number of piperidine rings is 1. The second kappa shape index (κ2) is 7.11. The van der Waals surface area contributed by atoms with Gasteiger partial charge in [-0.15, -0.1) is 11.3 Å². The number of hydrogen-bond acceptors (Lipinski definition) is 6. The Morgan fingerprint density at radius 3 is 2.87 bits per heavy atom. The minimum Gasteiger partial charge on any atom is -0.338 e. The van der Waals surface area contributed by atoms with Gasteiger partial charge in [0.1, 0.15) is 11.6 Å². The van der Waals surface area contributed by atoms with E-state index in [9.17, 15) is 10.1 Å². The molecule has 1 aromatic rings. The van der Waals surface area contributed by atoms with Crippen molar-refractivity contribution in [1.29, 1.82) is 5.26 Å². The molecule has 122 valence electrons. The lowest BCUT2D eigenvalue weighted by molar-refractivity contribution is -0.127. The maximum absolute atomic E-state index is 12.4. The number of nitrogens with zero attached hydrogens (tertiary/aromatic N) is 4. The van der Waals surface area contributed by atoms with Gasteiger partial charge >= 0.3 is 0 Å². The molecule has 1 fully saturated rings. The van der Waals surface area contributed by atoms with Gasteiger partial charge in [0.25, 0.3) is 5.91 Å². The molecule has 3 rings (SSSR count). The summed E-state index contributed by atoms with van der Waals surface area (Å²) >= 11 is 1.60. The maximum atomic E-state index is 12.4. The van der Waals surface area contributed by atoms with E-state index < -0.39 is 0 Å².